The Morgan fingerprint density at radius 2 is 1.95 bits per heavy atom. The van der Waals surface area contributed by atoms with E-state index in [0.29, 0.717) is 31.0 Å². The minimum Gasteiger partial charge on any atom is -0.409 e. The average Bonchev–Trinajstić information content (AvgIpc) is 2.50. The first-order chi connectivity index (χ1) is 9.97. The molecule has 1 aromatic carbocycles. The summed E-state index contributed by atoms with van der Waals surface area (Å²) in [7, 11) is 0. The molecule has 0 radical (unpaired) electrons. The van der Waals surface area contributed by atoms with Gasteiger partial charge >= 0.3 is 0 Å². The molecule has 0 bridgehead atoms. The van der Waals surface area contributed by atoms with E-state index in [-0.39, 0.29) is 11.7 Å². The van der Waals surface area contributed by atoms with Gasteiger partial charge in [0.15, 0.2) is 0 Å². The summed E-state index contributed by atoms with van der Waals surface area (Å²) in [5.41, 5.74) is 7.37. The van der Waals surface area contributed by atoms with Crippen molar-refractivity contribution in [2.75, 3.05) is 13.1 Å². The second-order valence-corrected chi connectivity index (χ2v) is 5.54. The number of nitrogens with zero attached hydrogens (tertiary/aromatic N) is 2. The van der Waals surface area contributed by atoms with Crippen molar-refractivity contribution in [2.24, 2.45) is 16.8 Å². The summed E-state index contributed by atoms with van der Waals surface area (Å²) in [6.07, 6.45) is 1.32. The molecule has 0 saturated carbocycles. The minimum atomic E-state index is -0.0166. The molecule has 1 amide bonds. The third-order valence-electron chi connectivity index (χ3n) is 3.25. The number of aryl methyl sites for hydroxylation is 1. The molecule has 0 aliphatic rings. The Balaban J connectivity index is 2.82. The SMILES string of the molecule is CCc1ccc(C(=O)N(CCC(N)=NO)CC(C)C)cc1. The number of hydrogen-bond acceptors (Lipinski definition) is 3. The molecule has 0 heterocycles. The van der Waals surface area contributed by atoms with E-state index in [0.717, 1.165) is 6.42 Å². The fourth-order valence-corrected chi connectivity index (χ4v) is 2.08. The van der Waals surface area contributed by atoms with Gasteiger partial charge in [0.2, 0.25) is 0 Å². The lowest BCUT2D eigenvalue weighted by Gasteiger charge is -2.24. The molecule has 5 nitrogen and oxygen atoms in total. The maximum Gasteiger partial charge on any atom is 0.253 e. The fraction of sp³-hybridized carbons (Fsp3) is 0.500. The molecule has 116 valence electrons. The zero-order chi connectivity index (χ0) is 15.8. The topological polar surface area (TPSA) is 78.9 Å². The summed E-state index contributed by atoms with van der Waals surface area (Å²) in [6.45, 7) is 7.29. The van der Waals surface area contributed by atoms with Gasteiger partial charge in [0.05, 0.1) is 0 Å². The molecule has 0 unspecified atom stereocenters. The van der Waals surface area contributed by atoms with Crippen molar-refractivity contribution in [1.82, 2.24) is 4.90 Å². The highest BCUT2D eigenvalue weighted by atomic mass is 16.4. The van der Waals surface area contributed by atoms with Gasteiger partial charge < -0.3 is 15.8 Å². The van der Waals surface area contributed by atoms with Crippen molar-refractivity contribution in [1.29, 1.82) is 0 Å². The molecule has 3 N–H and O–H groups in total. The predicted molar refractivity (Wildman–Crippen MR) is 84.6 cm³/mol. The molecule has 0 spiro atoms. The van der Waals surface area contributed by atoms with Crippen LogP contribution < -0.4 is 5.73 Å². The number of benzene rings is 1. The van der Waals surface area contributed by atoms with Gasteiger partial charge in [-0.1, -0.05) is 38.1 Å². The Labute approximate surface area is 126 Å². The highest BCUT2D eigenvalue weighted by Gasteiger charge is 2.17. The number of nitrogens with two attached hydrogens (primary N) is 1. The van der Waals surface area contributed by atoms with Crippen molar-refractivity contribution in [3.63, 3.8) is 0 Å². The van der Waals surface area contributed by atoms with Crippen LogP contribution >= 0.6 is 0 Å². The van der Waals surface area contributed by atoms with Crippen LogP contribution in [0.5, 0.6) is 0 Å². The third kappa shape index (κ3) is 5.45. The van der Waals surface area contributed by atoms with Gasteiger partial charge in [0.25, 0.3) is 5.91 Å². The Hall–Kier alpha value is -2.04. The lowest BCUT2D eigenvalue weighted by atomic mass is 10.1. The van der Waals surface area contributed by atoms with E-state index in [2.05, 4.69) is 25.9 Å². The van der Waals surface area contributed by atoms with Gasteiger partial charge in [-0.3, -0.25) is 4.79 Å². The van der Waals surface area contributed by atoms with E-state index in [1.165, 1.54) is 5.56 Å². The largest absolute Gasteiger partial charge is 0.409 e. The van der Waals surface area contributed by atoms with Gasteiger partial charge in [-0.15, -0.1) is 0 Å². The zero-order valence-corrected chi connectivity index (χ0v) is 13.0. The van der Waals surface area contributed by atoms with Crippen LogP contribution in [-0.4, -0.2) is 34.9 Å². The molecule has 0 aliphatic carbocycles. The van der Waals surface area contributed by atoms with Gasteiger partial charge in [-0.05, 0) is 30.0 Å². The van der Waals surface area contributed by atoms with E-state index in [9.17, 15) is 4.79 Å². The lowest BCUT2D eigenvalue weighted by molar-refractivity contribution is 0.0740. The summed E-state index contributed by atoms with van der Waals surface area (Å²) < 4.78 is 0. The van der Waals surface area contributed by atoms with Crippen LogP contribution in [0, 0.1) is 5.92 Å². The van der Waals surface area contributed by atoms with E-state index in [1.807, 2.05) is 24.3 Å². The van der Waals surface area contributed by atoms with Crippen molar-refractivity contribution < 1.29 is 10.0 Å². The molecule has 0 atom stereocenters. The summed E-state index contributed by atoms with van der Waals surface area (Å²) in [4.78, 5) is 14.3. The molecule has 1 rings (SSSR count). The van der Waals surface area contributed by atoms with Crippen LogP contribution in [0.1, 0.15) is 43.1 Å². The highest BCUT2D eigenvalue weighted by Crippen LogP contribution is 2.11. The van der Waals surface area contributed by atoms with E-state index in [1.54, 1.807) is 4.90 Å². The molecule has 0 aliphatic heterocycles. The first-order valence-corrected chi connectivity index (χ1v) is 7.32. The number of oxime groups is 1. The van der Waals surface area contributed by atoms with Crippen LogP contribution in [0.25, 0.3) is 0 Å². The van der Waals surface area contributed by atoms with Crippen molar-refractivity contribution in [3.8, 4) is 0 Å². The maximum absolute atomic E-state index is 12.6. The lowest BCUT2D eigenvalue weighted by Crippen LogP contribution is -2.36. The molecule has 0 saturated heterocycles. The molecule has 0 aromatic heterocycles. The number of carbonyl (C=O) groups is 1. The standard InChI is InChI=1S/C16H25N3O2/c1-4-13-5-7-14(8-6-13)16(20)19(11-12(2)3)10-9-15(17)18-21/h5-8,12,21H,4,9-11H2,1-3H3,(H2,17,18). The molecule has 1 aromatic rings. The Morgan fingerprint density at radius 1 is 1.33 bits per heavy atom. The average molecular weight is 291 g/mol. The van der Waals surface area contributed by atoms with E-state index in [4.69, 9.17) is 10.9 Å². The summed E-state index contributed by atoms with van der Waals surface area (Å²) in [6, 6.07) is 7.67. The number of hydrogen-bond donors (Lipinski definition) is 2. The number of amides is 1. The summed E-state index contributed by atoms with van der Waals surface area (Å²) >= 11 is 0. The Morgan fingerprint density at radius 3 is 2.43 bits per heavy atom. The minimum absolute atomic E-state index is 0.0166. The molecular formula is C16H25N3O2. The summed E-state index contributed by atoms with van der Waals surface area (Å²) in [5, 5.41) is 11.6. The normalized spacial score (nSPS) is 11.7. The number of amidine groups is 1. The fourth-order valence-electron chi connectivity index (χ4n) is 2.08. The van der Waals surface area contributed by atoms with Gasteiger partial charge in [-0.25, -0.2) is 0 Å². The summed E-state index contributed by atoms with van der Waals surface area (Å²) in [5.74, 6) is 0.478. The smallest absolute Gasteiger partial charge is 0.253 e. The first-order valence-electron chi connectivity index (χ1n) is 7.32. The second-order valence-electron chi connectivity index (χ2n) is 5.54. The zero-order valence-electron chi connectivity index (χ0n) is 13.0. The molecular weight excluding hydrogens is 266 g/mol. The van der Waals surface area contributed by atoms with Gasteiger partial charge in [0.1, 0.15) is 5.84 Å². The monoisotopic (exact) mass is 291 g/mol. The van der Waals surface area contributed by atoms with Crippen LogP contribution in [0.3, 0.4) is 0 Å². The second kappa shape index (κ2) is 8.29. The first kappa shape index (κ1) is 17.0. The number of rotatable bonds is 7. The molecule has 21 heavy (non-hydrogen) atoms. The van der Waals surface area contributed by atoms with Gasteiger partial charge in [-0.2, -0.15) is 0 Å². The quantitative estimate of drug-likeness (QED) is 0.350. The maximum atomic E-state index is 12.6. The third-order valence-corrected chi connectivity index (χ3v) is 3.25. The van der Waals surface area contributed by atoms with E-state index >= 15 is 0 Å². The van der Waals surface area contributed by atoms with Crippen LogP contribution in [0.4, 0.5) is 0 Å². The Kier molecular flexibility index (Phi) is 6.72. The van der Waals surface area contributed by atoms with E-state index < -0.39 is 0 Å². The van der Waals surface area contributed by atoms with Crippen LogP contribution in [0.15, 0.2) is 29.4 Å². The van der Waals surface area contributed by atoms with Crippen LogP contribution in [-0.2, 0) is 6.42 Å². The van der Waals surface area contributed by atoms with Gasteiger partial charge in [0, 0.05) is 25.1 Å². The highest BCUT2D eigenvalue weighted by molar-refractivity contribution is 5.94. The molecule has 0 fully saturated rings. The number of carbonyl (C=O) groups excluding carboxylic acids is 1. The van der Waals surface area contributed by atoms with Crippen molar-refractivity contribution >= 4 is 11.7 Å². The van der Waals surface area contributed by atoms with Crippen LogP contribution in [0.2, 0.25) is 0 Å². The Bertz CT molecular complexity index is 481. The predicted octanol–water partition coefficient (Wildman–Crippen LogP) is 2.48. The molecule has 5 heteroatoms. The van der Waals surface area contributed by atoms with Crippen molar-refractivity contribution in [3.05, 3.63) is 35.4 Å². The van der Waals surface area contributed by atoms with Crippen molar-refractivity contribution in [2.45, 2.75) is 33.6 Å².